The second kappa shape index (κ2) is 6.35. The van der Waals surface area contributed by atoms with E-state index in [2.05, 4.69) is 0 Å². The molecular weight excluding hydrogens is 272 g/mol. The Morgan fingerprint density at radius 3 is 2.57 bits per heavy atom. The molecule has 2 rings (SSSR count). The van der Waals surface area contributed by atoms with Crippen LogP contribution in [0.4, 0.5) is 0 Å². The van der Waals surface area contributed by atoms with Gasteiger partial charge in [-0.15, -0.1) is 0 Å². The lowest BCUT2D eigenvalue weighted by atomic mass is 10.2. The first-order valence-electron chi connectivity index (χ1n) is 6.51. The zero-order valence-corrected chi connectivity index (χ0v) is 12.6. The molecule has 0 spiro atoms. The predicted molar refractivity (Wildman–Crippen MR) is 80.5 cm³/mol. The zero-order valence-electron chi connectivity index (χ0n) is 12.6. The van der Waals surface area contributed by atoms with Gasteiger partial charge in [0.25, 0.3) is 0 Å². The Hall–Kier alpha value is -2.43. The maximum Gasteiger partial charge on any atom is 0.205 e. The molecule has 0 fully saturated rings. The van der Waals surface area contributed by atoms with Crippen LogP contribution in [0.15, 0.2) is 39.3 Å². The Balaban J connectivity index is 2.64. The van der Waals surface area contributed by atoms with Gasteiger partial charge in [0.05, 0.1) is 20.5 Å². The lowest BCUT2D eigenvalue weighted by Gasteiger charge is -2.13. The molecular formula is C16H18O5. The third-order valence-electron chi connectivity index (χ3n) is 2.98. The van der Waals surface area contributed by atoms with Gasteiger partial charge in [-0.2, -0.15) is 0 Å². The van der Waals surface area contributed by atoms with Crippen molar-refractivity contribution in [2.45, 2.75) is 13.8 Å². The van der Waals surface area contributed by atoms with Gasteiger partial charge in [-0.05, 0) is 19.9 Å². The highest BCUT2D eigenvalue weighted by atomic mass is 16.5. The van der Waals surface area contributed by atoms with E-state index in [1.165, 1.54) is 26.5 Å². The van der Waals surface area contributed by atoms with E-state index in [1.54, 1.807) is 6.07 Å². The van der Waals surface area contributed by atoms with Crippen LogP contribution in [0.5, 0.6) is 17.2 Å². The minimum Gasteiger partial charge on any atom is -0.496 e. The number of benzene rings is 1. The molecule has 0 aliphatic rings. The molecule has 21 heavy (non-hydrogen) atoms. The summed E-state index contributed by atoms with van der Waals surface area (Å²) in [5.74, 6) is 1.24. The Kier molecular flexibility index (Phi) is 4.52. The third kappa shape index (κ3) is 3.02. The minimum absolute atomic E-state index is 0.192. The first-order chi connectivity index (χ1) is 10.1. The Bertz CT molecular complexity index is 723. The number of rotatable bonds is 5. The molecule has 0 radical (unpaired) electrons. The Labute approximate surface area is 122 Å². The van der Waals surface area contributed by atoms with Crippen LogP contribution in [0.1, 0.15) is 13.8 Å². The van der Waals surface area contributed by atoms with Crippen LogP contribution in [0, 0.1) is 0 Å². The summed E-state index contributed by atoms with van der Waals surface area (Å²) in [5.41, 5.74) is 1.26. The number of methoxy groups -OCH3 is 2. The van der Waals surface area contributed by atoms with E-state index in [9.17, 15) is 4.79 Å². The maximum absolute atomic E-state index is 12.0. The number of fused-ring (bicyclic) bond motifs is 1. The van der Waals surface area contributed by atoms with Crippen molar-refractivity contribution in [1.82, 2.24) is 0 Å². The van der Waals surface area contributed by atoms with Crippen molar-refractivity contribution >= 4 is 11.0 Å². The van der Waals surface area contributed by atoms with Gasteiger partial charge in [-0.3, -0.25) is 4.79 Å². The molecule has 0 amide bonds. The average Bonchev–Trinajstić information content (AvgIpc) is 2.47. The molecule has 0 saturated heterocycles. The standard InChI is InChI=1S/C16H18O5/c1-10(2)5-7-20-15-13(19-4)9-12(18-3)14-11(17)6-8-21-16(14)15/h5-6,8-9H,7H2,1-4H3. The first-order valence-corrected chi connectivity index (χ1v) is 6.51. The van der Waals surface area contributed by atoms with E-state index in [0.717, 1.165) is 5.57 Å². The van der Waals surface area contributed by atoms with Gasteiger partial charge in [0.2, 0.25) is 5.75 Å². The summed E-state index contributed by atoms with van der Waals surface area (Å²) in [5, 5.41) is 0.341. The Morgan fingerprint density at radius 2 is 1.95 bits per heavy atom. The lowest BCUT2D eigenvalue weighted by Crippen LogP contribution is -2.05. The van der Waals surface area contributed by atoms with E-state index in [0.29, 0.717) is 34.8 Å². The largest absolute Gasteiger partial charge is 0.496 e. The number of hydrogen-bond donors (Lipinski definition) is 0. The minimum atomic E-state index is -0.192. The highest BCUT2D eigenvalue weighted by Gasteiger charge is 2.18. The van der Waals surface area contributed by atoms with E-state index >= 15 is 0 Å². The summed E-state index contributed by atoms with van der Waals surface area (Å²) in [7, 11) is 3.01. The molecule has 0 bridgehead atoms. The van der Waals surface area contributed by atoms with Crippen LogP contribution in [0.25, 0.3) is 11.0 Å². The van der Waals surface area contributed by atoms with Gasteiger partial charge < -0.3 is 18.6 Å². The molecule has 1 heterocycles. The predicted octanol–water partition coefficient (Wildman–Crippen LogP) is 3.16. The van der Waals surface area contributed by atoms with Crippen LogP contribution < -0.4 is 19.6 Å². The van der Waals surface area contributed by atoms with E-state index in [1.807, 2.05) is 19.9 Å². The van der Waals surface area contributed by atoms with Crippen molar-refractivity contribution in [1.29, 1.82) is 0 Å². The summed E-state index contributed by atoms with van der Waals surface area (Å²) < 4.78 is 21.7. The summed E-state index contributed by atoms with van der Waals surface area (Å²) in [6.45, 7) is 4.32. The van der Waals surface area contributed by atoms with E-state index in [-0.39, 0.29) is 5.43 Å². The zero-order chi connectivity index (χ0) is 15.4. The van der Waals surface area contributed by atoms with Gasteiger partial charge in [0, 0.05) is 12.1 Å². The van der Waals surface area contributed by atoms with Crippen molar-refractivity contribution < 1.29 is 18.6 Å². The van der Waals surface area contributed by atoms with Gasteiger partial charge in [-0.25, -0.2) is 0 Å². The fraction of sp³-hybridized carbons (Fsp3) is 0.312. The summed E-state index contributed by atoms with van der Waals surface area (Å²) >= 11 is 0. The van der Waals surface area contributed by atoms with Crippen LogP contribution >= 0.6 is 0 Å². The van der Waals surface area contributed by atoms with Crippen molar-refractivity contribution in [2.75, 3.05) is 20.8 Å². The molecule has 1 aromatic carbocycles. The van der Waals surface area contributed by atoms with Crippen molar-refractivity contribution in [3.63, 3.8) is 0 Å². The smallest absolute Gasteiger partial charge is 0.205 e. The molecule has 0 aliphatic heterocycles. The quantitative estimate of drug-likeness (QED) is 0.792. The van der Waals surface area contributed by atoms with Crippen LogP contribution in [0.3, 0.4) is 0 Å². The molecule has 0 aliphatic carbocycles. The normalized spacial score (nSPS) is 10.3. The number of ether oxygens (including phenoxy) is 3. The molecule has 0 unspecified atom stereocenters. The SMILES string of the molecule is COc1cc(OC)c2c(=O)ccoc2c1OCC=C(C)C. The molecule has 0 saturated carbocycles. The van der Waals surface area contributed by atoms with E-state index in [4.69, 9.17) is 18.6 Å². The van der Waals surface area contributed by atoms with Crippen molar-refractivity contribution in [2.24, 2.45) is 0 Å². The van der Waals surface area contributed by atoms with Gasteiger partial charge in [-0.1, -0.05) is 5.57 Å². The maximum atomic E-state index is 12.0. The second-order valence-corrected chi connectivity index (χ2v) is 4.69. The fourth-order valence-corrected chi connectivity index (χ4v) is 1.93. The van der Waals surface area contributed by atoms with Gasteiger partial charge >= 0.3 is 0 Å². The average molecular weight is 290 g/mol. The highest BCUT2D eigenvalue weighted by molar-refractivity contribution is 5.90. The monoisotopic (exact) mass is 290 g/mol. The molecule has 1 aromatic heterocycles. The van der Waals surface area contributed by atoms with Crippen LogP contribution in [-0.2, 0) is 0 Å². The van der Waals surface area contributed by atoms with Crippen molar-refractivity contribution in [3.8, 4) is 17.2 Å². The van der Waals surface area contributed by atoms with Gasteiger partial charge in [0.1, 0.15) is 17.7 Å². The summed E-state index contributed by atoms with van der Waals surface area (Å²) in [6, 6.07) is 2.97. The molecule has 5 heteroatoms. The molecule has 2 aromatic rings. The molecule has 112 valence electrons. The highest BCUT2D eigenvalue weighted by Crippen LogP contribution is 2.39. The summed E-state index contributed by atoms with van der Waals surface area (Å²) in [6.07, 6.45) is 3.26. The van der Waals surface area contributed by atoms with Crippen LogP contribution in [-0.4, -0.2) is 20.8 Å². The Morgan fingerprint density at radius 1 is 1.24 bits per heavy atom. The number of hydrogen-bond acceptors (Lipinski definition) is 5. The molecule has 0 atom stereocenters. The van der Waals surface area contributed by atoms with E-state index < -0.39 is 0 Å². The topological polar surface area (TPSA) is 57.9 Å². The molecule has 0 N–H and O–H groups in total. The number of allylic oxidation sites excluding steroid dienone is 1. The third-order valence-corrected chi connectivity index (χ3v) is 2.98. The van der Waals surface area contributed by atoms with Gasteiger partial charge in [0.15, 0.2) is 16.8 Å². The van der Waals surface area contributed by atoms with Crippen LogP contribution in [0.2, 0.25) is 0 Å². The fourth-order valence-electron chi connectivity index (χ4n) is 1.93. The molecule has 5 nitrogen and oxygen atoms in total. The first kappa shape index (κ1) is 15.0. The summed E-state index contributed by atoms with van der Waals surface area (Å²) in [4.78, 5) is 12.0. The second-order valence-electron chi connectivity index (χ2n) is 4.69. The van der Waals surface area contributed by atoms with Crippen molar-refractivity contribution in [3.05, 3.63) is 40.3 Å². The lowest BCUT2D eigenvalue weighted by molar-refractivity contribution is 0.321.